The molecule has 1 aromatic carbocycles. The molecular weight excluding hydrogens is 210 g/mol. The predicted octanol–water partition coefficient (Wildman–Crippen LogP) is 3.35. The fourth-order valence-electron chi connectivity index (χ4n) is 2.97. The van der Waals surface area contributed by atoms with Crippen LogP contribution < -0.4 is 5.32 Å². The molecule has 2 nitrogen and oxygen atoms in total. The molecule has 1 saturated carbocycles. The lowest BCUT2D eigenvalue weighted by Gasteiger charge is -2.41. The van der Waals surface area contributed by atoms with Crippen LogP contribution in [0.2, 0.25) is 0 Å². The molecule has 1 atom stereocenters. The lowest BCUT2D eigenvalue weighted by molar-refractivity contribution is 0.128. The van der Waals surface area contributed by atoms with Gasteiger partial charge in [0.15, 0.2) is 0 Å². The lowest BCUT2D eigenvalue weighted by Crippen LogP contribution is -2.50. The molecule has 2 heteroatoms. The fourth-order valence-corrected chi connectivity index (χ4v) is 2.97. The summed E-state index contributed by atoms with van der Waals surface area (Å²) in [6.45, 7) is 6.79. The number of hydrogen-bond donors (Lipinski definition) is 2. The van der Waals surface area contributed by atoms with E-state index in [1.807, 2.05) is 0 Å². The van der Waals surface area contributed by atoms with Gasteiger partial charge in [-0.1, -0.05) is 32.4 Å². The van der Waals surface area contributed by atoms with Crippen LogP contribution in [0.25, 0.3) is 0 Å². The molecule has 1 aliphatic rings. The van der Waals surface area contributed by atoms with Crippen molar-refractivity contribution in [3.8, 4) is 0 Å². The van der Waals surface area contributed by atoms with Gasteiger partial charge in [0.05, 0.1) is 12.1 Å². The van der Waals surface area contributed by atoms with Gasteiger partial charge in [-0.2, -0.15) is 0 Å². The summed E-state index contributed by atoms with van der Waals surface area (Å²) in [4.78, 5) is 0. The van der Waals surface area contributed by atoms with Gasteiger partial charge in [0, 0.05) is 5.69 Å². The zero-order valence-corrected chi connectivity index (χ0v) is 11.1. The summed E-state index contributed by atoms with van der Waals surface area (Å²) in [5, 5.41) is 13.4. The van der Waals surface area contributed by atoms with E-state index in [1.54, 1.807) is 0 Å². The third-order valence-corrected chi connectivity index (χ3v) is 4.37. The molecule has 17 heavy (non-hydrogen) atoms. The molecule has 0 saturated heterocycles. The van der Waals surface area contributed by atoms with Gasteiger partial charge in [0.1, 0.15) is 0 Å². The fraction of sp³-hybridized carbons (Fsp3) is 0.600. The van der Waals surface area contributed by atoms with Crippen molar-refractivity contribution in [3.05, 3.63) is 29.8 Å². The Kier molecular flexibility index (Phi) is 3.17. The van der Waals surface area contributed by atoms with E-state index in [9.17, 15) is 5.11 Å². The molecule has 0 spiro atoms. The summed E-state index contributed by atoms with van der Waals surface area (Å²) >= 11 is 0. The van der Waals surface area contributed by atoms with Crippen LogP contribution in [-0.2, 0) is 0 Å². The maximum Gasteiger partial charge on any atom is 0.0666 e. The van der Waals surface area contributed by atoms with E-state index in [-0.39, 0.29) is 17.6 Å². The highest BCUT2D eigenvalue weighted by atomic mass is 16.3. The highest BCUT2D eigenvalue weighted by Crippen LogP contribution is 2.47. The molecule has 0 aromatic heterocycles. The molecule has 1 unspecified atom stereocenters. The van der Waals surface area contributed by atoms with Gasteiger partial charge in [-0.25, -0.2) is 0 Å². The van der Waals surface area contributed by atoms with Crippen LogP contribution >= 0.6 is 0 Å². The van der Waals surface area contributed by atoms with Gasteiger partial charge in [-0.3, -0.25) is 0 Å². The minimum Gasteiger partial charge on any atom is -0.394 e. The first-order chi connectivity index (χ1) is 7.99. The van der Waals surface area contributed by atoms with Gasteiger partial charge >= 0.3 is 0 Å². The number of aryl methyl sites for hydroxylation is 1. The number of hydrogen-bond acceptors (Lipinski definition) is 2. The highest BCUT2D eigenvalue weighted by Gasteiger charge is 2.48. The zero-order valence-electron chi connectivity index (χ0n) is 11.1. The number of aliphatic hydroxyl groups excluding tert-OH is 1. The monoisotopic (exact) mass is 233 g/mol. The largest absolute Gasteiger partial charge is 0.394 e. The Balaban J connectivity index is 2.26. The van der Waals surface area contributed by atoms with Gasteiger partial charge in [0.2, 0.25) is 0 Å². The van der Waals surface area contributed by atoms with Crippen LogP contribution in [0, 0.1) is 12.3 Å². The topological polar surface area (TPSA) is 32.3 Å². The molecule has 0 radical (unpaired) electrons. The molecule has 2 rings (SSSR count). The molecule has 1 aliphatic carbocycles. The molecule has 1 fully saturated rings. The molecular formula is C15H23NO. The molecule has 1 aromatic rings. The van der Waals surface area contributed by atoms with E-state index < -0.39 is 0 Å². The Morgan fingerprint density at radius 1 is 1.29 bits per heavy atom. The van der Waals surface area contributed by atoms with E-state index >= 15 is 0 Å². The number of aliphatic hydroxyl groups is 1. The van der Waals surface area contributed by atoms with Crippen LogP contribution in [0.4, 0.5) is 5.69 Å². The molecule has 0 bridgehead atoms. The molecule has 0 aliphatic heterocycles. The zero-order chi connectivity index (χ0) is 12.5. The van der Waals surface area contributed by atoms with E-state index in [2.05, 4.69) is 50.4 Å². The SMILES string of the molecule is Cc1cccc(NC2(CO)CCCC2(C)C)c1. The van der Waals surface area contributed by atoms with E-state index in [0.717, 1.165) is 12.1 Å². The average Bonchev–Trinajstić information content (AvgIpc) is 2.55. The highest BCUT2D eigenvalue weighted by molar-refractivity contribution is 5.48. The van der Waals surface area contributed by atoms with Crippen molar-refractivity contribution >= 4 is 5.69 Å². The Labute approximate surface area is 104 Å². The molecule has 0 heterocycles. The number of anilines is 1. The number of benzene rings is 1. The van der Waals surface area contributed by atoms with Crippen LogP contribution in [-0.4, -0.2) is 17.3 Å². The van der Waals surface area contributed by atoms with Crippen molar-refractivity contribution in [2.24, 2.45) is 5.41 Å². The van der Waals surface area contributed by atoms with E-state index in [4.69, 9.17) is 0 Å². The minimum absolute atomic E-state index is 0.144. The van der Waals surface area contributed by atoms with Crippen LogP contribution in [0.15, 0.2) is 24.3 Å². The van der Waals surface area contributed by atoms with Gasteiger partial charge < -0.3 is 10.4 Å². The quantitative estimate of drug-likeness (QED) is 0.839. The normalized spacial score (nSPS) is 27.1. The van der Waals surface area contributed by atoms with Gasteiger partial charge in [-0.05, 0) is 42.9 Å². The summed E-state index contributed by atoms with van der Waals surface area (Å²) in [6, 6.07) is 8.38. The van der Waals surface area contributed by atoms with Crippen LogP contribution in [0.1, 0.15) is 38.7 Å². The van der Waals surface area contributed by atoms with E-state index in [0.29, 0.717) is 0 Å². The van der Waals surface area contributed by atoms with Crippen molar-refractivity contribution in [2.75, 3.05) is 11.9 Å². The van der Waals surface area contributed by atoms with Crippen LogP contribution in [0.5, 0.6) is 0 Å². The molecule has 2 N–H and O–H groups in total. The lowest BCUT2D eigenvalue weighted by atomic mass is 9.75. The summed E-state index contributed by atoms with van der Waals surface area (Å²) in [5.41, 5.74) is 2.35. The summed E-state index contributed by atoms with van der Waals surface area (Å²) in [6.07, 6.45) is 3.41. The Hall–Kier alpha value is -1.02. The Bertz CT molecular complexity index is 400. The smallest absolute Gasteiger partial charge is 0.0666 e. The Morgan fingerprint density at radius 2 is 2.06 bits per heavy atom. The first-order valence-electron chi connectivity index (χ1n) is 6.45. The summed E-state index contributed by atoms with van der Waals surface area (Å²) in [5.74, 6) is 0. The average molecular weight is 233 g/mol. The second-order valence-corrected chi connectivity index (χ2v) is 5.97. The number of nitrogens with one attached hydrogen (secondary N) is 1. The third-order valence-electron chi connectivity index (χ3n) is 4.37. The first kappa shape index (κ1) is 12.4. The standard InChI is InChI=1S/C15H23NO/c1-12-6-4-7-13(10-12)16-15(11-17)9-5-8-14(15,2)3/h4,6-7,10,16-17H,5,8-9,11H2,1-3H3. The Morgan fingerprint density at radius 3 is 2.59 bits per heavy atom. The van der Waals surface area contributed by atoms with Crippen molar-refractivity contribution in [1.29, 1.82) is 0 Å². The number of rotatable bonds is 3. The summed E-state index contributed by atoms with van der Waals surface area (Å²) < 4.78 is 0. The van der Waals surface area contributed by atoms with Crippen molar-refractivity contribution < 1.29 is 5.11 Å². The first-order valence-corrected chi connectivity index (χ1v) is 6.45. The van der Waals surface area contributed by atoms with Crippen molar-refractivity contribution in [1.82, 2.24) is 0 Å². The maximum absolute atomic E-state index is 9.82. The molecule has 94 valence electrons. The maximum atomic E-state index is 9.82. The van der Waals surface area contributed by atoms with Crippen molar-refractivity contribution in [2.45, 2.75) is 45.6 Å². The van der Waals surface area contributed by atoms with Gasteiger partial charge in [0.25, 0.3) is 0 Å². The van der Waals surface area contributed by atoms with Crippen molar-refractivity contribution in [3.63, 3.8) is 0 Å². The van der Waals surface area contributed by atoms with Gasteiger partial charge in [-0.15, -0.1) is 0 Å². The minimum atomic E-state index is -0.166. The second-order valence-electron chi connectivity index (χ2n) is 5.97. The predicted molar refractivity (Wildman–Crippen MR) is 72.3 cm³/mol. The van der Waals surface area contributed by atoms with Crippen LogP contribution in [0.3, 0.4) is 0 Å². The summed E-state index contributed by atoms with van der Waals surface area (Å²) in [7, 11) is 0. The molecule has 0 amide bonds. The second kappa shape index (κ2) is 4.34. The third kappa shape index (κ3) is 2.19. The van der Waals surface area contributed by atoms with E-state index in [1.165, 1.54) is 18.4 Å².